The molecule has 1 aliphatic rings. The molecule has 90 valence electrons. The van der Waals surface area contributed by atoms with Crippen molar-refractivity contribution < 1.29 is 5.11 Å². The van der Waals surface area contributed by atoms with E-state index in [0.717, 1.165) is 37.3 Å². The molecule has 0 aromatic carbocycles. The number of aliphatic hydroxyl groups is 1. The van der Waals surface area contributed by atoms with Crippen molar-refractivity contribution in [3.8, 4) is 0 Å². The Bertz CT molecular complexity index is 337. The highest BCUT2D eigenvalue weighted by Gasteiger charge is 2.36. The van der Waals surface area contributed by atoms with Gasteiger partial charge in [-0.3, -0.25) is 4.68 Å². The molecule has 1 N–H and O–H groups in total. The normalized spacial score (nSPS) is 30.6. The molecule has 1 aliphatic carbocycles. The van der Waals surface area contributed by atoms with E-state index in [1.54, 1.807) is 4.68 Å². The van der Waals surface area contributed by atoms with Crippen LogP contribution >= 0.6 is 0 Å². The summed E-state index contributed by atoms with van der Waals surface area (Å²) in [5.41, 5.74) is 0.191. The average molecular weight is 222 g/mol. The zero-order chi connectivity index (χ0) is 11.6. The Balaban J connectivity index is 2.01. The van der Waals surface area contributed by atoms with E-state index in [4.69, 9.17) is 0 Å². The average Bonchev–Trinajstić information content (AvgIpc) is 2.70. The predicted molar refractivity (Wildman–Crippen MR) is 64.0 cm³/mol. The summed E-state index contributed by atoms with van der Waals surface area (Å²) in [6.45, 7) is 2.24. The highest BCUT2D eigenvalue weighted by Crippen LogP contribution is 2.39. The lowest BCUT2D eigenvalue weighted by molar-refractivity contribution is -0.0193. The molecule has 3 heteroatoms. The van der Waals surface area contributed by atoms with Gasteiger partial charge in [-0.05, 0) is 37.7 Å². The van der Waals surface area contributed by atoms with Crippen LogP contribution in [-0.4, -0.2) is 14.9 Å². The van der Waals surface area contributed by atoms with Crippen LogP contribution in [0.3, 0.4) is 0 Å². The first-order chi connectivity index (χ1) is 7.64. The molecule has 0 spiro atoms. The Morgan fingerprint density at radius 2 is 2.19 bits per heavy atom. The third-order valence-electron chi connectivity index (χ3n) is 3.82. The molecule has 1 saturated carbocycles. The van der Waals surface area contributed by atoms with E-state index in [-0.39, 0.29) is 0 Å². The number of nitrogens with zero attached hydrogens (tertiary/aromatic N) is 2. The molecule has 0 amide bonds. The molecule has 0 atom stereocenters. The van der Waals surface area contributed by atoms with Crippen LogP contribution in [0, 0.1) is 5.92 Å². The smallest absolute Gasteiger partial charge is 0.108 e. The number of hydrogen-bond acceptors (Lipinski definition) is 2. The molecule has 1 heterocycles. The largest absolute Gasteiger partial charge is 0.383 e. The summed E-state index contributed by atoms with van der Waals surface area (Å²) in [6, 6.07) is 1.94. The van der Waals surface area contributed by atoms with Gasteiger partial charge in [-0.2, -0.15) is 5.10 Å². The number of aryl methyl sites for hydroxylation is 1. The molecule has 16 heavy (non-hydrogen) atoms. The maximum absolute atomic E-state index is 10.6. The van der Waals surface area contributed by atoms with Crippen molar-refractivity contribution in [3.05, 3.63) is 18.0 Å². The Labute approximate surface area is 97.5 Å². The molecule has 0 unspecified atom stereocenters. The SMILES string of the molecule is CCCC1CCC(O)(c2ccn(C)n2)CC1. The van der Waals surface area contributed by atoms with Crippen molar-refractivity contribution in [1.29, 1.82) is 0 Å². The summed E-state index contributed by atoms with van der Waals surface area (Å²) < 4.78 is 1.77. The molecule has 1 aromatic rings. The summed E-state index contributed by atoms with van der Waals surface area (Å²) in [4.78, 5) is 0. The molecular weight excluding hydrogens is 200 g/mol. The van der Waals surface area contributed by atoms with Crippen LogP contribution in [-0.2, 0) is 12.6 Å². The number of hydrogen-bond donors (Lipinski definition) is 1. The highest BCUT2D eigenvalue weighted by molar-refractivity contribution is 5.11. The second-order valence-corrected chi connectivity index (χ2v) is 5.14. The van der Waals surface area contributed by atoms with E-state index in [1.165, 1.54) is 12.8 Å². The Morgan fingerprint density at radius 1 is 1.50 bits per heavy atom. The van der Waals surface area contributed by atoms with E-state index < -0.39 is 5.60 Å². The van der Waals surface area contributed by atoms with E-state index in [0.29, 0.717) is 0 Å². The zero-order valence-corrected chi connectivity index (χ0v) is 10.3. The predicted octanol–water partition coefficient (Wildman–Crippen LogP) is 2.60. The van der Waals surface area contributed by atoms with Crippen LogP contribution in [0.1, 0.15) is 51.1 Å². The van der Waals surface area contributed by atoms with Gasteiger partial charge < -0.3 is 5.11 Å². The minimum Gasteiger partial charge on any atom is -0.383 e. The summed E-state index contributed by atoms with van der Waals surface area (Å²) in [6.07, 6.45) is 8.49. The fourth-order valence-corrected chi connectivity index (χ4v) is 2.77. The first-order valence-electron chi connectivity index (χ1n) is 6.36. The van der Waals surface area contributed by atoms with Crippen LogP contribution in [0.5, 0.6) is 0 Å². The first kappa shape index (κ1) is 11.6. The summed E-state index contributed by atoms with van der Waals surface area (Å²) in [5, 5.41) is 14.9. The number of rotatable bonds is 3. The van der Waals surface area contributed by atoms with E-state index in [2.05, 4.69) is 12.0 Å². The minimum absolute atomic E-state index is 0.661. The summed E-state index contributed by atoms with van der Waals surface area (Å²) in [7, 11) is 1.90. The Kier molecular flexibility index (Phi) is 3.33. The zero-order valence-electron chi connectivity index (χ0n) is 10.3. The second kappa shape index (κ2) is 4.58. The first-order valence-corrected chi connectivity index (χ1v) is 6.36. The number of aromatic nitrogens is 2. The standard InChI is InChI=1S/C13H22N2O/c1-3-4-11-5-8-13(16,9-6-11)12-7-10-15(2)14-12/h7,10-11,16H,3-6,8-9H2,1-2H3. The third kappa shape index (κ3) is 2.29. The fourth-order valence-electron chi connectivity index (χ4n) is 2.77. The van der Waals surface area contributed by atoms with Crippen molar-refractivity contribution in [2.75, 3.05) is 0 Å². The van der Waals surface area contributed by atoms with Crippen molar-refractivity contribution in [3.63, 3.8) is 0 Å². The van der Waals surface area contributed by atoms with Crippen LogP contribution in [0.2, 0.25) is 0 Å². The molecule has 2 rings (SSSR count). The van der Waals surface area contributed by atoms with Gasteiger partial charge in [0, 0.05) is 13.2 Å². The molecule has 0 bridgehead atoms. The third-order valence-corrected chi connectivity index (χ3v) is 3.82. The van der Waals surface area contributed by atoms with Crippen molar-refractivity contribution in [2.45, 2.75) is 51.0 Å². The van der Waals surface area contributed by atoms with E-state index >= 15 is 0 Å². The van der Waals surface area contributed by atoms with Crippen LogP contribution in [0.4, 0.5) is 0 Å². The second-order valence-electron chi connectivity index (χ2n) is 5.14. The van der Waals surface area contributed by atoms with Gasteiger partial charge in [-0.15, -0.1) is 0 Å². The minimum atomic E-state index is -0.661. The molecule has 0 aliphatic heterocycles. The lowest BCUT2D eigenvalue weighted by Gasteiger charge is -2.34. The molecule has 0 radical (unpaired) electrons. The lowest BCUT2D eigenvalue weighted by Crippen LogP contribution is -2.32. The molecule has 1 aromatic heterocycles. The Morgan fingerprint density at radius 3 is 2.69 bits per heavy atom. The monoisotopic (exact) mass is 222 g/mol. The van der Waals surface area contributed by atoms with E-state index in [9.17, 15) is 5.11 Å². The van der Waals surface area contributed by atoms with Gasteiger partial charge >= 0.3 is 0 Å². The Hall–Kier alpha value is -0.830. The van der Waals surface area contributed by atoms with E-state index in [1.807, 2.05) is 19.3 Å². The van der Waals surface area contributed by atoms with Crippen LogP contribution in [0.25, 0.3) is 0 Å². The maximum Gasteiger partial charge on any atom is 0.108 e. The van der Waals surface area contributed by atoms with Crippen molar-refractivity contribution >= 4 is 0 Å². The summed E-state index contributed by atoms with van der Waals surface area (Å²) >= 11 is 0. The molecule has 1 fully saturated rings. The topological polar surface area (TPSA) is 38.0 Å². The van der Waals surface area contributed by atoms with Gasteiger partial charge in [0.05, 0.1) is 5.69 Å². The fraction of sp³-hybridized carbons (Fsp3) is 0.769. The van der Waals surface area contributed by atoms with Crippen molar-refractivity contribution in [2.24, 2.45) is 13.0 Å². The van der Waals surface area contributed by atoms with Crippen LogP contribution in [0.15, 0.2) is 12.3 Å². The quantitative estimate of drug-likeness (QED) is 0.853. The highest BCUT2D eigenvalue weighted by atomic mass is 16.3. The van der Waals surface area contributed by atoms with Gasteiger partial charge in [-0.25, -0.2) is 0 Å². The molecule has 3 nitrogen and oxygen atoms in total. The molecule has 0 saturated heterocycles. The maximum atomic E-state index is 10.6. The lowest BCUT2D eigenvalue weighted by atomic mass is 9.76. The molecular formula is C13H22N2O. The van der Waals surface area contributed by atoms with Gasteiger partial charge in [-0.1, -0.05) is 19.8 Å². The van der Waals surface area contributed by atoms with Gasteiger partial charge in [0.25, 0.3) is 0 Å². The van der Waals surface area contributed by atoms with Gasteiger partial charge in [0.2, 0.25) is 0 Å². The van der Waals surface area contributed by atoms with Crippen LogP contribution < -0.4 is 0 Å². The summed E-state index contributed by atoms with van der Waals surface area (Å²) in [5.74, 6) is 0.814. The van der Waals surface area contributed by atoms with Crippen molar-refractivity contribution in [1.82, 2.24) is 9.78 Å². The van der Waals surface area contributed by atoms with Gasteiger partial charge in [0.1, 0.15) is 5.60 Å². The van der Waals surface area contributed by atoms with Gasteiger partial charge in [0.15, 0.2) is 0 Å².